The number of ether oxygens (including phenoxy) is 2. The van der Waals surface area contributed by atoms with Crippen LogP contribution in [0.15, 0.2) is 41.4 Å². The van der Waals surface area contributed by atoms with Crippen LogP contribution in [0.1, 0.15) is 10.4 Å². The molecule has 1 aromatic rings. The van der Waals surface area contributed by atoms with Crippen molar-refractivity contribution < 1.29 is 23.9 Å². The number of esters is 2. The van der Waals surface area contributed by atoms with E-state index >= 15 is 0 Å². The van der Waals surface area contributed by atoms with Gasteiger partial charge < -0.3 is 20.5 Å². The fourth-order valence-corrected chi connectivity index (χ4v) is 1.40. The van der Waals surface area contributed by atoms with Crippen LogP contribution in [0.4, 0.5) is 5.69 Å². The van der Waals surface area contributed by atoms with Crippen molar-refractivity contribution in [3.63, 3.8) is 0 Å². The van der Waals surface area contributed by atoms with E-state index < -0.39 is 11.9 Å². The molecule has 0 atom stereocenters. The number of rotatable bonds is 7. The summed E-state index contributed by atoms with van der Waals surface area (Å²) in [4.78, 5) is 37.5. The Kier molecular flexibility index (Phi) is 7.56. The smallest absolute Gasteiger partial charge is 0.331 e. The van der Waals surface area contributed by atoms with Crippen LogP contribution in [0.5, 0.6) is 0 Å². The Bertz CT molecular complexity index is 625. The zero-order valence-electron chi connectivity index (χ0n) is 12.5. The first kappa shape index (κ1) is 17.9. The molecule has 0 bridgehead atoms. The Morgan fingerprint density at radius 1 is 1.22 bits per heavy atom. The number of nitrogens with one attached hydrogen (secondary N) is 1. The molecule has 0 saturated heterocycles. The van der Waals surface area contributed by atoms with Crippen LogP contribution < -0.4 is 11.1 Å². The number of hydrogen-bond acceptors (Lipinski definition) is 7. The van der Waals surface area contributed by atoms with Gasteiger partial charge in [-0.3, -0.25) is 9.79 Å². The lowest BCUT2D eigenvalue weighted by atomic mass is 10.2. The summed E-state index contributed by atoms with van der Waals surface area (Å²) in [5.41, 5.74) is 6.38. The van der Waals surface area contributed by atoms with E-state index in [1.165, 1.54) is 13.4 Å². The third-order valence-electron chi connectivity index (χ3n) is 2.51. The molecule has 0 unspecified atom stereocenters. The van der Waals surface area contributed by atoms with E-state index in [9.17, 15) is 14.4 Å². The number of carbonyl (C=O) groups excluding carboxylic acids is 3. The Hall–Kier alpha value is -3.16. The van der Waals surface area contributed by atoms with Crippen molar-refractivity contribution in [2.24, 2.45) is 4.99 Å². The Morgan fingerprint density at radius 3 is 2.61 bits per heavy atom. The molecule has 0 saturated carbocycles. The van der Waals surface area contributed by atoms with Crippen LogP contribution >= 0.6 is 0 Å². The van der Waals surface area contributed by atoms with Crippen LogP contribution in [0, 0.1) is 0 Å². The number of nitrogens with zero attached hydrogens (tertiary/aromatic N) is 1. The fraction of sp³-hybridized carbons (Fsp3) is 0.200. The number of aliphatic imine (C=N–C) groups is 1. The summed E-state index contributed by atoms with van der Waals surface area (Å²) >= 11 is 0. The molecule has 1 aromatic carbocycles. The van der Waals surface area contributed by atoms with Crippen LogP contribution in [0.2, 0.25) is 0 Å². The van der Waals surface area contributed by atoms with Crippen molar-refractivity contribution in [3.8, 4) is 0 Å². The van der Waals surface area contributed by atoms with Crippen LogP contribution in [0.3, 0.4) is 0 Å². The van der Waals surface area contributed by atoms with Gasteiger partial charge in [-0.25, -0.2) is 9.59 Å². The third kappa shape index (κ3) is 6.89. The highest BCUT2D eigenvalue weighted by Gasteiger charge is 2.06. The summed E-state index contributed by atoms with van der Waals surface area (Å²) in [6.07, 6.45) is 3.11. The first-order valence-electron chi connectivity index (χ1n) is 6.61. The van der Waals surface area contributed by atoms with Crippen LogP contribution in [-0.4, -0.2) is 44.4 Å². The minimum absolute atomic E-state index is 0.00416. The van der Waals surface area contributed by atoms with E-state index in [1.54, 1.807) is 24.3 Å². The second-order valence-corrected chi connectivity index (χ2v) is 4.12. The zero-order valence-corrected chi connectivity index (χ0v) is 12.5. The number of anilines is 1. The molecular formula is C15H17N3O5. The maximum absolute atomic E-state index is 11.8. The lowest BCUT2D eigenvalue weighted by Gasteiger charge is -2.03. The molecule has 1 amide bonds. The molecule has 0 heterocycles. The number of para-hydroxylation sites is 1. The number of nitrogen functional groups attached to an aromatic ring is 1. The molecule has 0 aliphatic heterocycles. The van der Waals surface area contributed by atoms with E-state index in [2.05, 4.69) is 15.0 Å². The van der Waals surface area contributed by atoms with Gasteiger partial charge in [-0.2, -0.15) is 0 Å². The average Bonchev–Trinajstić information content (AvgIpc) is 2.55. The molecule has 8 heteroatoms. The molecule has 0 radical (unpaired) electrons. The van der Waals surface area contributed by atoms with Gasteiger partial charge in [-0.1, -0.05) is 12.1 Å². The maximum Gasteiger partial charge on any atom is 0.331 e. The summed E-state index contributed by atoms with van der Waals surface area (Å²) < 4.78 is 9.09. The van der Waals surface area contributed by atoms with E-state index in [0.29, 0.717) is 11.3 Å². The summed E-state index contributed by atoms with van der Waals surface area (Å²) in [6.45, 7) is 0.159. The highest BCUT2D eigenvalue weighted by atomic mass is 16.5. The normalized spacial score (nSPS) is 10.7. The third-order valence-corrected chi connectivity index (χ3v) is 2.51. The maximum atomic E-state index is 11.8. The van der Waals surface area contributed by atoms with Gasteiger partial charge in [0.05, 0.1) is 25.6 Å². The van der Waals surface area contributed by atoms with Gasteiger partial charge >= 0.3 is 11.9 Å². The quantitative estimate of drug-likeness (QED) is 0.186. The summed E-state index contributed by atoms with van der Waals surface area (Å²) in [5, 5.41) is 2.45. The van der Waals surface area contributed by atoms with Crippen molar-refractivity contribution >= 4 is 29.9 Å². The SMILES string of the molecule is COC(=O)/C=C/C(=O)OCCN=CNC(=O)c1ccccc1N. The monoisotopic (exact) mass is 319 g/mol. The van der Waals surface area contributed by atoms with Gasteiger partial charge in [0.2, 0.25) is 0 Å². The van der Waals surface area contributed by atoms with Crippen molar-refractivity contribution in [3.05, 3.63) is 42.0 Å². The van der Waals surface area contributed by atoms with Gasteiger partial charge in [0.25, 0.3) is 5.91 Å². The predicted molar refractivity (Wildman–Crippen MR) is 83.8 cm³/mol. The average molecular weight is 319 g/mol. The van der Waals surface area contributed by atoms with Crippen molar-refractivity contribution in [2.75, 3.05) is 26.0 Å². The molecule has 0 fully saturated rings. The molecule has 122 valence electrons. The number of amides is 1. The predicted octanol–water partition coefficient (Wildman–Crippen LogP) is 0.299. The highest BCUT2D eigenvalue weighted by Crippen LogP contribution is 2.09. The first-order chi connectivity index (χ1) is 11.0. The molecular weight excluding hydrogens is 302 g/mol. The molecule has 0 aliphatic rings. The molecule has 3 N–H and O–H groups in total. The van der Waals surface area contributed by atoms with Gasteiger partial charge in [-0.15, -0.1) is 0 Å². The minimum atomic E-state index is -0.688. The van der Waals surface area contributed by atoms with E-state index in [1.807, 2.05) is 0 Å². The number of hydrogen-bond donors (Lipinski definition) is 2. The van der Waals surface area contributed by atoms with Crippen molar-refractivity contribution in [1.29, 1.82) is 0 Å². The highest BCUT2D eigenvalue weighted by molar-refractivity contribution is 6.04. The van der Waals surface area contributed by atoms with Crippen LogP contribution in [-0.2, 0) is 19.1 Å². The second kappa shape index (κ2) is 9.72. The van der Waals surface area contributed by atoms with Gasteiger partial charge in [0, 0.05) is 17.8 Å². The molecule has 8 nitrogen and oxygen atoms in total. The fourth-order valence-electron chi connectivity index (χ4n) is 1.40. The topological polar surface area (TPSA) is 120 Å². The Labute approximate surface area is 133 Å². The van der Waals surface area contributed by atoms with Crippen molar-refractivity contribution in [2.45, 2.75) is 0 Å². The number of methoxy groups -OCH3 is 1. The van der Waals surface area contributed by atoms with Gasteiger partial charge in [0.1, 0.15) is 6.61 Å². The lowest BCUT2D eigenvalue weighted by Crippen LogP contribution is -2.23. The van der Waals surface area contributed by atoms with Crippen molar-refractivity contribution in [1.82, 2.24) is 5.32 Å². The summed E-state index contributed by atoms with van der Waals surface area (Å²) in [6, 6.07) is 6.63. The van der Waals surface area contributed by atoms with E-state index in [-0.39, 0.29) is 19.1 Å². The number of carbonyl (C=O) groups is 3. The molecule has 1 rings (SSSR count). The summed E-state index contributed by atoms with van der Waals surface area (Å²) in [7, 11) is 1.20. The van der Waals surface area contributed by atoms with Gasteiger partial charge in [0.15, 0.2) is 0 Å². The van der Waals surface area contributed by atoms with E-state index in [0.717, 1.165) is 12.2 Å². The molecule has 0 aromatic heterocycles. The molecule has 0 spiro atoms. The first-order valence-corrected chi connectivity index (χ1v) is 6.61. The summed E-state index contributed by atoms with van der Waals surface area (Å²) in [5.74, 6) is -1.72. The lowest BCUT2D eigenvalue weighted by molar-refractivity contribution is -0.139. The Morgan fingerprint density at radius 2 is 1.91 bits per heavy atom. The largest absolute Gasteiger partial charge is 0.466 e. The Balaban J connectivity index is 2.26. The van der Waals surface area contributed by atoms with Gasteiger partial charge in [-0.05, 0) is 12.1 Å². The van der Waals surface area contributed by atoms with E-state index in [4.69, 9.17) is 10.5 Å². The minimum Gasteiger partial charge on any atom is -0.466 e. The zero-order chi connectivity index (χ0) is 17.1. The molecule has 0 aliphatic carbocycles. The number of benzene rings is 1. The standard InChI is InChI=1S/C15H17N3O5/c1-22-13(19)6-7-14(20)23-9-8-17-10-18-15(21)11-4-2-3-5-12(11)16/h2-7,10H,8-9,16H2,1H3,(H,17,18,21)/b7-6+. The van der Waals surface area contributed by atoms with Crippen LogP contribution in [0.25, 0.3) is 0 Å². The number of nitrogens with two attached hydrogens (primary N) is 1. The second-order valence-electron chi connectivity index (χ2n) is 4.12. The molecule has 23 heavy (non-hydrogen) atoms.